The third-order valence-corrected chi connectivity index (χ3v) is 9.52. The van der Waals surface area contributed by atoms with E-state index in [1.165, 1.54) is 42.5 Å². The fourth-order valence-corrected chi connectivity index (χ4v) is 7.34. The lowest BCUT2D eigenvalue weighted by molar-refractivity contribution is 0.174. The predicted octanol–water partition coefficient (Wildman–Crippen LogP) is 4.89. The Balaban J connectivity index is 1.99. The van der Waals surface area contributed by atoms with Crippen molar-refractivity contribution < 1.29 is 26.3 Å². The van der Waals surface area contributed by atoms with Crippen LogP contribution in [0.5, 0.6) is 0 Å². The molecule has 0 radical (unpaired) electrons. The molecule has 14 heteroatoms. The molecule has 0 saturated carbocycles. The summed E-state index contributed by atoms with van der Waals surface area (Å²) >= 11 is 15.2. The Morgan fingerprint density at radius 2 is 1.79 bits per heavy atom. The van der Waals surface area contributed by atoms with Gasteiger partial charge in [-0.3, -0.25) is 9.62 Å². The molecule has 1 aliphatic rings. The predicted molar refractivity (Wildman–Crippen MR) is 149 cm³/mol. The van der Waals surface area contributed by atoms with Crippen LogP contribution < -0.4 is 9.86 Å². The number of hydrogen-bond donors (Lipinski definition) is 3. The van der Waals surface area contributed by atoms with Crippen LogP contribution in [-0.4, -0.2) is 46.0 Å². The highest BCUT2D eigenvalue weighted by Crippen LogP contribution is 2.41. The molecule has 1 atom stereocenters. The van der Waals surface area contributed by atoms with Gasteiger partial charge in [-0.1, -0.05) is 23.2 Å². The summed E-state index contributed by atoms with van der Waals surface area (Å²) in [6.07, 6.45) is -0.101. The van der Waals surface area contributed by atoms with Gasteiger partial charge in [0, 0.05) is 35.2 Å². The highest BCUT2D eigenvalue weighted by Gasteiger charge is 2.29. The van der Waals surface area contributed by atoms with Crippen LogP contribution in [0.2, 0.25) is 10.0 Å². The summed E-state index contributed by atoms with van der Waals surface area (Å²) in [6.45, 7) is 2.42. The maximum Gasteiger partial charge on any atom is 0.262 e. The van der Waals surface area contributed by atoms with Gasteiger partial charge in [0.1, 0.15) is 5.82 Å². The number of hydrogen-bond acceptors (Lipinski definition) is 6. The Kier molecular flexibility index (Phi) is 8.47. The number of likely N-dealkylation sites (tertiary alicyclic amines) is 1. The number of primary sulfonamides is 1. The Morgan fingerprint density at radius 3 is 2.37 bits per heavy atom. The van der Waals surface area contributed by atoms with E-state index >= 15 is 0 Å². The number of nitrogens with one attached hydrogen (secondary N) is 1. The first-order valence-corrected chi connectivity index (χ1v) is 15.8. The fourth-order valence-electron chi connectivity index (χ4n) is 4.43. The van der Waals surface area contributed by atoms with Crippen LogP contribution in [-0.2, 0) is 26.6 Å². The first-order chi connectivity index (χ1) is 17.7. The Bertz CT molecular complexity index is 1620. The van der Waals surface area contributed by atoms with Gasteiger partial charge in [-0.15, -0.1) is 0 Å². The normalized spacial score (nSPS) is 16.7. The fraction of sp³-hybridized carbons (Fsp3) is 0.250. The second kappa shape index (κ2) is 11.0. The average Bonchev–Trinajstić information content (AvgIpc) is 3.19. The largest absolute Gasteiger partial charge is 0.392 e. The number of aliphatic hydroxyl groups is 1. The van der Waals surface area contributed by atoms with E-state index in [1.54, 1.807) is 6.92 Å². The number of nitrogens with two attached hydrogens (primary N) is 1. The van der Waals surface area contributed by atoms with Gasteiger partial charge in [-0.25, -0.2) is 26.4 Å². The van der Waals surface area contributed by atoms with Gasteiger partial charge in [0.2, 0.25) is 10.0 Å². The molecular weight excluding hydrogens is 644 g/mol. The maximum absolute atomic E-state index is 14.3. The second-order valence-corrected chi connectivity index (χ2v) is 13.9. The zero-order chi connectivity index (χ0) is 28.0. The summed E-state index contributed by atoms with van der Waals surface area (Å²) in [5.74, 6) is -0.547. The highest BCUT2D eigenvalue weighted by molar-refractivity contribution is 9.10. The molecule has 0 aromatic heterocycles. The molecular formula is C24H23BrCl2FN3O5S2. The summed E-state index contributed by atoms with van der Waals surface area (Å²) in [5, 5.41) is 15.8. The van der Waals surface area contributed by atoms with Crippen molar-refractivity contribution in [3.8, 4) is 11.1 Å². The van der Waals surface area contributed by atoms with E-state index in [0.717, 1.165) is 0 Å². The quantitative estimate of drug-likeness (QED) is 0.330. The minimum Gasteiger partial charge on any atom is -0.392 e. The molecule has 0 amide bonds. The van der Waals surface area contributed by atoms with Crippen molar-refractivity contribution in [2.45, 2.75) is 35.8 Å². The minimum atomic E-state index is -4.26. The lowest BCUT2D eigenvalue weighted by Crippen LogP contribution is -2.25. The number of rotatable bonds is 7. The van der Waals surface area contributed by atoms with Crippen LogP contribution in [0.3, 0.4) is 0 Å². The molecule has 1 heterocycles. The molecule has 3 aromatic carbocycles. The van der Waals surface area contributed by atoms with E-state index in [-0.39, 0.29) is 54.2 Å². The summed E-state index contributed by atoms with van der Waals surface area (Å²) < 4.78 is 69.0. The van der Waals surface area contributed by atoms with Crippen molar-refractivity contribution in [3.63, 3.8) is 0 Å². The van der Waals surface area contributed by atoms with Gasteiger partial charge in [0.25, 0.3) is 10.0 Å². The average molecular weight is 667 g/mol. The smallest absolute Gasteiger partial charge is 0.262 e. The molecule has 1 fully saturated rings. The first-order valence-electron chi connectivity index (χ1n) is 11.2. The van der Waals surface area contributed by atoms with Gasteiger partial charge in [0.05, 0.1) is 26.1 Å². The van der Waals surface area contributed by atoms with Gasteiger partial charge in [0.15, 0.2) is 0 Å². The number of aliphatic hydroxyl groups excluding tert-OH is 1. The van der Waals surface area contributed by atoms with E-state index in [2.05, 4.69) is 20.7 Å². The second-order valence-electron chi connectivity index (χ2n) is 8.98. The number of anilines is 1. The van der Waals surface area contributed by atoms with E-state index < -0.39 is 32.0 Å². The molecule has 1 aliphatic heterocycles. The van der Waals surface area contributed by atoms with Gasteiger partial charge >= 0.3 is 0 Å². The van der Waals surface area contributed by atoms with E-state index in [1.807, 2.05) is 4.90 Å². The number of sulfonamides is 2. The number of halogens is 4. The molecule has 0 aliphatic carbocycles. The minimum absolute atomic E-state index is 0.0323. The number of β-amino-alcohol motifs (C(OH)–C–C–N with tert-alkyl or cyclic N) is 1. The van der Waals surface area contributed by atoms with Gasteiger partial charge in [-0.05, 0) is 88.4 Å². The van der Waals surface area contributed by atoms with Crippen molar-refractivity contribution in [3.05, 3.63) is 73.9 Å². The van der Waals surface area contributed by atoms with Crippen LogP contribution in [0.25, 0.3) is 11.1 Å². The third kappa shape index (κ3) is 6.34. The van der Waals surface area contributed by atoms with E-state index in [9.17, 15) is 26.3 Å². The molecule has 1 saturated heterocycles. The number of aryl methyl sites for hydroxylation is 1. The van der Waals surface area contributed by atoms with Crippen molar-refractivity contribution in [2.24, 2.45) is 5.14 Å². The van der Waals surface area contributed by atoms with Crippen LogP contribution in [0.15, 0.2) is 56.7 Å². The third-order valence-electron chi connectivity index (χ3n) is 6.13. The van der Waals surface area contributed by atoms with Crippen LogP contribution >= 0.6 is 39.1 Å². The summed E-state index contributed by atoms with van der Waals surface area (Å²) in [7, 11) is -8.52. The lowest BCUT2D eigenvalue weighted by atomic mass is 9.94. The summed E-state index contributed by atoms with van der Waals surface area (Å²) in [5.41, 5.74) is 1.23. The van der Waals surface area contributed by atoms with Crippen molar-refractivity contribution in [2.75, 3.05) is 17.8 Å². The van der Waals surface area contributed by atoms with Gasteiger partial charge in [-0.2, -0.15) is 0 Å². The first kappa shape index (κ1) is 29.2. The monoisotopic (exact) mass is 665 g/mol. The molecule has 4 rings (SSSR count). The lowest BCUT2D eigenvalue weighted by Gasteiger charge is -2.24. The molecule has 0 spiro atoms. The molecule has 4 N–H and O–H groups in total. The molecule has 3 aromatic rings. The van der Waals surface area contributed by atoms with Crippen LogP contribution in [0.4, 0.5) is 10.1 Å². The number of benzene rings is 3. The van der Waals surface area contributed by atoms with Crippen LogP contribution in [0, 0.1) is 12.7 Å². The number of nitrogens with zero attached hydrogens (tertiary/aromatic N) is 1. The molecule has 0 bridgehead atoms. The van der Waals surface area contributed by atoms with Crippen molar-refractivity contribution in [1.29, 1.82) is 0 Å². The zero-order valence-corrected chi connectivity index (χ0v) is 24.6. The summed E-state index contributed by atoms with van der Waals surface area (Å²) in [4.78, 5) is 1.40. The SMILES string of the molecule is Cc1cc(F)c(Br)cc1-c1c(NS(=O)(=O)c2cc(Cl)cc(Cl)c2)ccc(S(N)(=O)=O)c1CN1CCC(O)C1. The standard InChI is InChI=1S/C24H23BrCl2FN3O5S2/c1-13-6-21(28)20(25)10-18(13)24-19(12-31-5-4-16(32)11-31)23(37(29,33)34)3-2-22(24)30-38(35,36)17-8-14(26)7-15(27)9-17/h2-3,6-10,16,30,32H,4-5,11-12H2,1H3,(H2,29,33,34). The summed E-state index contributed by atoms with van der Waals surface area (Å²) in [6, 6.07) is 9.04. The topological polar surface area (TPSA) is 130 Å². The van der Waals surface area contributed by atoms with E-state index in [0.29, 0.717) is 24.1 Å². The van der Waals surface area contributed by atoms with Crippen molar-refractivity contribution in [1.82, 2.24) is 4.90 Å². The van der Waals surface area contributed by atoms with E-state index in [4.69, 9.17) is 28.3 Å². The molecule has 38 heavy (non-hydrogen) atoms. The highest BCUT2D eigenvalue weighted by atomic mass is 79.9. The van der Waals surface area contributed by atoms with Crippen molar-refractivity contribution >= 4 is 64.9 Å². The Hall–Kier alpha value is -1.77. The van der Waals surface area contributed by atoms with Crippen LogP contribution in [0.1, 0.15) is 17.5 Å². The zero-order valence-electron chi connectivity index (χ0n) is 19.9. The Labute approximate surface area is 238 Å². The molecule has 204 valence electrons. The van der Waals surface area contributed by atoms with Gasteiger partial charge < -0.3 is 5.11 Å². The maximum atomic E-state index is 14.3. The molecule has 1 unspecified atom stereocenters. The Morgan fingerprint density at radius 1 is 1.13 bits per heavy atom. The molecule has 8 nitrogen and oxygen atoms in total.